The van der Waals surface area contributed by atoms with Crippen molar-refractivity contribution in [2.45, 2.75) is 13.5 Å². The van der Waals surface area contributed by atoms with Gasteiger partial charge in [0.15, 0.2) is 0 Å². The van der Waals surface area contributed by atoms with E-state index < -0.39 is 5.91 Å². The SMILES string of the molecule is Cc1ccc(Cl)cc1N/C=C(/C#N)C(=O)NCc1cccnc1. The van der Waals surface area contributed by atoms with Crippen LogP contribution in [0, 0.1) is 18.3 Å². The molecule has 0 aliphatic heterocycles. The molecule has 0 saturated heterocycles. The van der Waals surface area contributed by atoms with Crippen LogP contribution < -0.4 is 10.6 Å². The van der Waals surface area contributed by atoms with Crippen LogP contribution in [0.25, 0.3) is 0 Å². The van der Waals surface area contributed by atoms with Gasteiger partial charge in [-0.25, -0.2) is 0 Å². The van der Waals surface area contributed by atoms with E-state index >= 15 is 0 Å². The summed E-state index contributed by atoms with van der Waals surface area (Å²) in [6.45, 7) is 2.21. The normalized spacial score (nSPS) is 10.7. The van der Waals surface area contributed by atoms with Crippen molar-refractivity contribution < 1.29 is 4.79 Å². The Bertz CT molecular complexity index is 766. The zero-order valence-electron chi connectivity index (χ0n) is 12.5. The van der Waals surface area contributed by atoms with E-state index in [-0.39, 0.29) is 5.57 Å². The molecule has 23 heavy (non-hydrogen) atoms. The molecule has 2 N–H and O–H groups in total. The summed E-state index contributed by atoms with van der Waals surface area (Å²) in [6, 6.07) is 10.9. The third-order valence-corrected chi connectivity index (χ3v) is 3.35. The number of amides is 1. The number of anilines is 1. The average molecular weight is 327 g/mol. The van der Waals surface area contributed by atoms with Gasteiger partial charge in [-0.2, -0.15) is 5.26 Å². The van der Waals surface area contributed by atoms with E-state index in [9.17, 15) is 4.79 Å². The first kappa shape index (κ1) is 16.5. The maximum absolute atomic E-state index is 12.0. The van der Waals surface area contributed by atoms with E-state index in [1.54, 1.807) is 30.6 Å². The first-order valence-corrected chi connectivity index (χ1v) is 7.28. The third kappa shape index (κ3) is 4.83. The monoisotopic (exact) mass is 326 g/mol. The highest BCUT2D eigenvalue weighted by atomic mass is 35.5. The minimum atomic E-state index is -0.455. The standard InChI is InChI=1S/C17H15ClN4O/c1-12-4-5-15(18)7-16(12)21-11-14(8-19)17(23)22-10-13-3-2-6-20-9-13/h2-7,9,11,21H,10H2,1H3,(H,22,23)/b14-11-. The number of hydrogen-bond donors (Lipinski definition) is 2. The van der Waals surface area contributed by atoms with E-state index in [4.69, 9.17) is 16.9 Å². The van der Waals surface area contributed by atoms with Crippen LogP contribution in [0.2, 0.25) is 5.02 Å². The zero-order chi connectivity index (χ0) is 16.7. The van der Waals surface area contributed by atoms with Crippen molar-refractivity contribution in [2.75, 3.05) is 5.32 Å². The zero-order valence-corrected chi connectivity index (χ0v) is 13.3. The molecule has 0 unspecified atom stereocenters. The predicted molar refractivity (Wildman–Crippen MR) is 89.6 cm³/mol. The van der Waals surface area contributed by atoms with Gasteiger partial charge in [0.05, 0.1) is 0 Å². The molecule has 0 radical (unpaired) electrons. The van der Waals surface area contributed by atoms with Crippen LogP contribution in [0.5, 0.6) is 0 Å². The molecule has 1 aromatic carbocycles. The molecule has 5 nitrogen and oxygen atoms in total. The van der Waals surface area contributed by atoms with Gasteiger partial charge in [0.2, 0.25) is 0 Å². The molecule has 1 amide bonds. The fraction of sp³-hybridized carbons (Fsp3) is 0.118. The van der Waals surface area contributed by atoms with Crippen LogP contribution in [-0.4, -0.2) is 10.9 Å². The Morgan fingerprint density at radius 3 is 2.96 bits per heavy atom. The molecule has 6 heteroatoms. The van der Waals surface area contributed by atoms with Gasteiger partial charge in [0.1, 0.15) is 11.6 Å². The number of halogens is 1. The van der Waals surface area contributed by atoms with E-state index in [1.807, 2.05) is 25.1 Å². The Labute approximate surface area is 139 Å². The van der Waals surface area contributed by atoms with E-state index in [0.29, 0.717) is 11.6 Å². The smallest absolute Gasteiger partial charge is 0.263 e. The van der Waals surface area contributed by atoms with Gasteiger partial charge in [-0.1, -0.05) is 23.7 Å². The molecular formula is C17H15ClN4O. The molecule has 0 bridgehead atoms. The summed E-state index contributed by atoms with van der Waals surface area (Å²) in [5.74, 6) is -0.455. The number of hydrogen-bond acceptors (Lipinski definition) is 4. The molecular weight excluding hydrogens is 312 g/mol. The van der Waals surface area contributed by atoms with Crippen molar-refractivity contribution in [3.63, 3.8) is 0 Å². The molecule has 0 aliphatic carbocycles. The van der Waals surface area contributed by atoms with E-state index in [1.165, 1.54) is 6.20 Å². The van der Waals surface area contributed by atoms with E-state index in [2.05, 4.69) is 15.6 Å². The fourth-order valence-corrected chi connectivity index (χ4v) is 2.00. The van der Waals surface area contributed by atoms with Crippen LogP contribution >= 0.6 is 11.6 Å². The largest absolute Gasteiger partial charge is 0.360 e. The maximum atomic E-state index is 12.0. The lowest BCUT2D eigenvalue weighted by atomic mass is 10.2. The molecule has 0 aliphatic rings. The van der Waals surface area contributed by atoms with Gasteiger partial charge in [-0.3, -0.25) is 9.78 Å². The summed E-state index contributed by atoms with van der Waals surface area (Å²) in [5.41, 5.74) is 2.54. The average Bonchev–Trinajstić information content (AvgIpc) is 2.57. The lowest BCUT2D eigenvalue weighted by molar-refractivity contribution is -0.117. The summed E-state index contributed by atoms with van der Waals surface area (Å²) in [4.78, 5) is 16.0. The molecule has 0 fully saturated rings. The Hall–Kier alpha value is -2.84. The predicted octanol–water partition coefficient (Wildman–Crippen LogP) is 3.18. The fourth-order valence-electron chi connectivity index (χ4n) is 1.83. The van der Waals surface area contributed by atoms with Gasteiger partial charge in [0.25, 0.3) is 5.91 Å². The van der Waals surface area contributed by atoms with Gasteiger partial charge in [0, 0.05) is 35.8 Å². The number of benzene rings is 1. The van der Waals surface area contributed by atoms with Crippen LogP contribution in [0.1, 0.15) is 11.1 Å². The maximum Gasteiger partial charge on any atom is 0.263 e. The van der Waals surface area contributed by atoms with Crippen LogP contribution in [0.3, 0.4) is 0 Å². The van der Waals surface area contributed by atoms with Crippen molar-refractivity contribution >= 4 is 23.2 Å². The second kappa shape index (κ2) is 7.97. The molecule has 2 aromatic rings. The van der Waals surface area contributed by atoms with Crippen molar-refractivity contribution in [2.24, 2.45) is 0 Å². The Morgan fingerprint density at radius 2 is 2.26 bits per heavy atom. The van der Waals surface area contributed by atoms with Crippen molar-refractivity contribution in [3.8, 4) is 6.07 Å². The number of aromatic nitrogens is 1. The first-order valence-electron chi connectivity index (χ1n) is 6.90. The van der Waals surface area contributed by atoms with Gasteiger partial charge in [-0.15, -0.1) is 0 Å². The Kier molecular flexibility index (Phi) is 5.73. The Balaban J connectivity index is 2.02. The van der Waals surface area contributed by atoms with E-state index in [0.717, 1.165) is 16.8 Å². The van der Waals surface area contributed by atoms with Gasteiger partial charge < -0.3 is 10.6 Å². The number of pyridine rings is 1. The second-order valence-electron chi connectivity index (χ2n) is 4.82. The highest BCUT2D eigenvalue weighted by Crippen LogP contribution is 2.20. The number of nitrogens with one attached hydrogen (secondary N) is 2. The summed E-state index contributed by atoms with van der Waals surface area (Å²) in [6.07, 6.45) is 4.68. The highest BCUT2D eigenvalue weighted by molar-refractivity contribution is 6.30. The summed E-state index contributed by atoms with van der Waals surface area (Å²) < 4.78 is 0. The number of nitrogens with zero attached hydrogens (tertiary/aromatic N) is 2. The highest BCUT2D eigenvalue weighted by Gasteiger charge is 2.09. The molecule has 0 atom stereocenters. The summed E-state index contributed by atoms with van der Waals surface area (Å²) >= 11 is 5.94. The lowest BCUT2D eigenvalue weighted by Gasteiger charge is -2.07. The molecule has 1 aromatic heterocycles. The summed E-state index contributed by atoms with van der Waals surface area (Å²) in [7, 11) is 0. The molecule has 1 heterocycles. The summed E-state index contributed by atoms with van der Waals surface area (Å²) in [5, 5.41) is 15.3. The molecule has 0 saturated carbocycles. The third-order valence-electron chi connectivity index (χ3n) is 3.11. The van der Waals surface area contributed by atoms with Gasteiger partial charge >= 0.3 is 0 Å². The number of carbonyl (C=O) groups excluding carboxylic acids is 1. The topological polar surface area (TPSA) is 77.8 Å². The number of aryl methyl sites for hydroxylation is 1. The molecule has 2 rings (SSSR count). The number of rotatable bonds is 5. The van der Waals surface area contributed by atoms with Crippen molar-refractivity contribution in [1.82, 2.24) is 10.3 Å². The molecule has 0 spiro atoms. The van der Waals surface area contributed by atoms with Crippen LogP contribution in [0.4, 0.5) is 5.69 Å². The van der Waals surface area contributed by atoms with Gasteiger partial charge in [-0.05, 0) is 36.2 Å². The number of nitriles is 1. The molecule has 116 valence electrons. The van der Waals surface area contributed by atoms with Crippen LogP contribution in [-0.2, 0) is 11.3 Å². The van der Waals surface area contributed by atoms with Crippen molar-refractivity contribution in [3.05, 3.63) is 70.6 Å². The Morgan fingerprint density at radius 1 is 1.43 bits per heavy atom. The van der Waals surface area contributed by atoms with Crippen LogP contribution in [0.15, 0.2) is 54.5 Å². The first-order chi connectivity index (χ1) is 11.1. The quantitative estimate of drug-likeness (QED) is 0.653. The lowest BCUT2D eigenvalue weighted by Crippen LogP contribution is -2.24. The minimum absolute atomic E-state index is 0.0201. The number of carbonyl (C=O) groups is 1. The minimum Gasteiger partial charge on any atom is -0.360 e. The van der Waals surface area contributed by atoms with Crippen molar-refractivity contribution in [1.29, 1.82) is 5.26 Å². The second-order valence-corrected chi connectivity index (χ2v) is 5.25.